The number of hydrogen-bond acceptors (Lipinski definition) is 8. The van der Waals surface area contributed by atoms with Gasteiger partial charge in [-0.1, -0.05) is 110 Å². The van der Waals surface area contributed by atoms with Crippen molar-refractivity contribution in [2.45, 2.75) is 11.0 Å². The van der Waals surface area contributed by atoms with E-state index in [9.17, 15) is 0 Å². The molecule has 0 spiro atoms. The summed E-state index contributed by atoms with van der Waals surface area (Å²) in [6.07, 6.45) is 1.11. The van der Waals surface area contributed by atoms with Crippen LogP contribution in [0.5, 0.6) is 0 Å². The second-order valence-corrected chi connectivity index (χ2v) is 46.7. The monoisotopic (exact) mass is 466 g/mol. The van der Waals surface area contributed by atoms with Crippen molar-refractivity contribution in [3.05, 3.63) is 35.4 Å². The Kier molecular flexibility index (Phi) is 4.27. The first kappa shape index (κ1) is 16.4. The molecule has 0 amide bonds. The van der Waals surface area contributed by atoms with Crippen LogP contribution in [0, 0.1) is 6.92 Å². The van der Waals surface area contributed by atoms with E-state index in [0.717, 1.165) is 6.16 Å². The molecule has 4 aliphatic heterocycles. The molecule has 4 bridgehead atoms. The van der Waals surface area contributed by atoms with Crippen LogP contribution in [0.4, 0.5) is 0 Å². The van der Waals surface area contributed by atoms with Crippen molar-refractivity contribution in [1.82, 2.24) is 0 Å². The topological polar surface area (TPSA) is 0 Å². The molecule has 1 aromatic carbocycles. The Labute approximate surface area is 153 Å². The molecule has 2 unspecified atom stereocenters. The SMILES string of the molecule is Cc1cccc(C23CP4(=S)SP(=S)(S2)SP(=S)(S3)S4)c1. The summed E-state index contributed by atoms with van der Waals surface area (Å²) in [6, 6.07) is 8.90. The molecule has 4 saturated heterocycles. The second kappa shape index (κ2) is 5.21. The highest BCUT2D eigenvalue weighted by molar-refractivity contribution is 9.61. The zero-order chi connectivity index (χ0) is 14.2. The van der Waals surface area contributed by atoms with Crippen LogP contribution in [-0.4, -0.2) is 6.16 Å². The van der Waals surface area contributed by atoms with Gasteiger partial charge in [-0.05, 0) is 23.5 Å². The van der Waals surface area contributed by atoms with Crippen molar-refractivity contribution in [3.8, 4) is 0 Å². The number of hydrogen-bond donors (Lipinski definition) is 0. The minimum atomic E-state index is -1.51. The maximum atomic E-state index is 6.06. The van der Waals surface area contributed by atoms with Gasteiger partial charge in [0.1, 0.15) is 11.4 Å². The van der Waals surface area contributed by atoms with E-state index in [1.807, 2.05) is 55.8 Å². The fourth-order valence-electron chi connectivity index (χ4n) is 2.37. The van der Waals surface area contributed by atoms with Crippen molar-refractivity contribution in [3.63, 3.8) is 0 Å². The molecule has 4 aliphatic rings. The molecule has 0 saturated carbocycles. The Morgan fingerprint density at radius 2 is 1.70 bits per heavy atom. The summed E-state index contributed by atoms with van der Waals surface area (Å²) >= 11 is 28.2. The van der Waals surface area contributed by atoms with E-state index in [-0.39, 0.29) is 4.08 Å². The highest BCUT2D eigenvalue weighted by Gasteiger charge is 2.63. The lowest BCUT2D eigenvalue weighted by Crippen LogP contribution is -2.26. The number of aryl methyl sites for hydroxylation is 1. The fraction of sp³-hybridized carbons (Fsp3) is 0.333. The van der Waals surface area contributed by atoms with Gasteiger partial charge in [0.2, 0.25) is 0 Å². The van der Waals surface area contributed by atoms with Gasteiger partial charge in [0.15, 0.2) is 0 Å². The van der Waals surface area contributed by atoms with Crippen molar-refractivity contribution in [2.24, 2.45) is 0 Å². The van der Waals surface area contributed by atoms with E-state index >= 15 is 0 Å². The molecule has 5 rings (SSSR count). The third-order valence-corrected chi connectivity index (χ3v) is 61.4. The molecule has 11 heteroatoms. The highest BCUT2D eigenvalue weighted by atomic mass is 33.9. The molecular weight excluding hydrogens is 458 g/mol. The van der Waals surface area contributed by atoms with E-state index in [0.29, 0.717) is 0 Å². The summed E-state index contributed by atoms with van der Waals surface area (Å²) in [7, 11) is 0. The van der Waals surface area contributed by atoms with E-state index in [1.165, 1.54) is 11.1 Å². The van der Waals surface area contributed by atoms with Gasteiger partial charge in [-0.15, -0.1) is 0 Å². The van der Waals surface area contributed by atoms with Crippen LogP contribution >= 0.6 is 67.5 Å². The first-order chi connectivity index (χ1) is 9.24. The molecule has 0 radical (unpaired) electrons. The van der Waals surface area contributed by atoms with E-state index in [4.69, 9.17) is 35.4 Å². The van der Waals surface area contributed by atoms with Gasteiger partial charge in [0, 0.05) is 6.16 Å². The molecule has 108 valence electrons. The van der Waals surface area contributed by atoms with Crippen LogP contribution in [-0.2, 0) is 39.5 Å². The molecule has 0 N–H and O–H groups in total. The minimum absolute atomic E-state index is 0.0777. The molecule has 0 aliphatic carbocycles. The zero-order valence-electron chi connectivity index (χ0n) is 10.1. The molecule has 4 heterocycles. The predicted octanol–water partition coefficient (Wildman–Crippen LogP) is 7.61. The van der Waals surface area contributed by atoms with Gasteiger partial charge >= 0.3 is 0 Å². The van der Waals surface area contributed by atoms with E-state index < -0.39 is 11.7 Å². The molecule has 0 aromatic heterocycles. The van der Waals surface area contributed by atoms with Crippen LogP contribution in [0.25, 0.3) is 0 Å². The quantitative estimate of drug-likeness (QED) is 0.383. The lowest BCUT2D eigenvalue weighted by Gasteiger charge is -2.57. The van der Waals surface area contributed by atoms with Gasteiger partial charge in [0.05, 0.1) is 4.44 Å². The minimum Gasteiger partial charge on any atom is -0.0798 e. The molecule has 20 heavy (non-hydrogen) atoms. The molecule has 2 atom stereocenters. The Bertz CT molecular complexity index is 675. The summed E-state index contributed by atoms with van der Waals surface area (Å²) in [5.41, 5.74) is 2.73. The Morgan fingerprint density at radius 3 is 2.25 bits per heavy atom. The summed E-state index contributed by atoms with van der Waals surface area (Å²) in [5.74, 6) is 0. The summed E-state index contributed by atoms with van der Waals surface area (Å²) in [6.45, 7) is 2.16. The maximum absolute atomic E-state index is 6.06. The van der Waals surface area contributed by atoms with Crippen LogP contribution in [0.3, 0.4) is 0 Å². The van der Waals surface area contributed by atoms with Crippen molar-refractivity contribution >= 4 is 103 Å². The fourth-order valence-corrected chi connectivity index (χ4v) is 124. The normalized spacial score (nSPS) is 49.5. The molecular formula is C9H9P3S8. The van der Waals surface area contributed by atoms with Crippen LogP contribution in [0.2, 0.25) is 0 Å². The Hall–Kier alpha value is 2.92. The Morgan fingerprint density at radius 1 is 1.05 bits per heavy atom. The smallest absolute Gasteiger partial charge is 0.0798 e. The average molecular weight is 467 g/mol. The van der Waals surface area contributed by atoms with Crippen LogP contribution in [0.1, 0.15) is 11.1 Å². The van der Waals surface area contributed by atoms with Crippen LogP contribution in [0.15, 0.2) is 24.3 Å². The van der Waals surface area contributed by atoms with E-state index in [1.54, 1.807) is 0 Å². The van der Waals surface area contributed by atoms with Crippen molar-refractivity contribution in [2.75, 3.05) is 6.16 Å². The van der Waals surface area contributed by atoms with Gasteiger partial charge in [-0.2, -0.15) is 0 Å². The average Bonchev–Trinajstić information content (AvgIpc) is 2.22. The second-order valence-electron chi connectivity index (χ2n) is 4.71. The maximum Gasteiger partial charge on any atom is 0.122 e. The van der Waals surface area contributed by atoms with E-state index in [2.05, 4.69) is 31.2 Å². The Balaban J connectivity index is 1.93. The first-order valence-corrected chi connectivity index (χ1v) is 23.2. The van der Waals surface area contributed by atoms with Gasteiger partial charge in [-0.25, -0.2) is 0 Å². The number of rotatable bonds is 1. The van der Waals surface area contributed by atoms with Crippen molar-refractivity contribution < 1.29 is 0 Å². The third-order valence-electron chi connectivity index (χ3n) is 3.03. The molecule has 4 fully saturated rings. The summed E-state index contributed by atoms with van der Waals surface area (Å²) in [5, 5.41) is 0. The third kappa shape index (κ3) is 2.75. The first-order valence-electron chi connectivity index (χ1n) is 5.66. The largest absolute Gasteiger partial charge is 0.122 e. The standard InChI is InChI=1S/C9H9P3S8/c1-7-3-2-4-8(5-7)9-6-10(13)18-11(14,16-9)20-12(15,17-9)19-10/h2-5H,6H2,1H3. The van der Waals surface area contributed by atoms with Gasteiger partial charge < -0.3 is 0 Å². The zero-order valence-corrected chi connectivity index (χ0v) is 19.3. The highest BCUT2D eigenvalue weighted by Crippen LogP contribution is 3.19. The molecule has 1 aromatic rings. The lowest BCUT2D eigenvalue weighted by molar-refractivity contribution is 1.04. The number of benzene rings is 1. The van der Waals surface area contributed by atoms with Crippen LogP contribution < -0.4 is 0 Å². The predicted molar refractivity (Wildman–Crippen MR) is 119 cm³/mol. The summed E-state index contributed by atoms with van der Waals surface area (Å²) < 4.78 is -4.40. The van der Waals surface area contributed by atoms with Gasteiger partial charge in [0.25, 0.3) is 0 Å². The summed E-state index contributed by atoms with van der Waals surface area (Å²) in [4.78, 5) is 0. The lowest BCUT2D eigenvalue weighted by atomic mass is 10.1. The van der Waals surface area contributed by atoms with Gasteiger partial charge in [-0.3, -0.25) is 0 Å². The molecule has 0 nitrogen and oxygen atoms in total. The van der Waals surface area contributed by atoms with Crippen molar-refractivity contribution in [1.29, 1.82) is 0 Å².